The quantitative estimate of drug-likeness (QED) is 0.374. The van der Waals surface area contributed by atoms with Gasteiger partial charge in [0, 0.05) is 28.1 Å². The predicted octanol–water partition coefficient (Wildman–Crippen LogP) is 5.73. The molecule has 0 aliphatic carbocycles. The first-order valence-electron chi connectivity index (χ1n) is 10.7. The molecule has 1 aromatic heterocycles. The number of nitrogens with one attached hydrogen (secondary N) is 1. The van der Waals surface area contributed by atoms with Crippen molar-refractivity contribution < 1.29 is 9.90 Å². The Kier molecular flexibility index (Phi) is 6.20. The monoisotopic (exact) mass is 490 g/mol. The number of para-hydroxylation sites is 1. The molecule has 0 bridgehead atoms. The number of nitrogens with zero attached hydrogens (tertiary/aromatic N) is 3. The zero-order valence-corrected chi connectivity index (χ0v) is 19.5. The van der Waals surface area contributed by atoms with Crippen molar-refractivity contribution in [2.75, 3.05) is 11.6 Å². The molecule has 1 unspecified atom stereocenters. The van der Waals surface area contributed by atoms with E-state index in [9.17, 15) is 9.90 Å². The molecule has 6 nitrogen and oxygen atoms in total. The number of anilines is 1. The number of aromatic nitrogens is 1. The van der Waals surface area contributed by atoms with Gasteiger partial charge in [-0.2, -0.15) is 10.1 Å². The van der Waals surface area contributed by atoms with Gasteiger partial charge in [-0.05, 0) is 41.0 Å². The molecular formula is C26H20Cl2N4O2. The smallest absolute Gasteiger partial charge is 0.342 e. The van der Waals surface area contributed by atoms with E-state index in [1.54, 1.807) is 18.3 Å². The minimum absolute atomic E-state index is 0.336. The molecule has 1 aliphatic heterocycles. The average Bonchev–Trinajstić information content (AvgIpc) is 2.86. The normalized spacial score (nSPS) is 14.3. The van der Waals surface area contributed by atoms with Crippen LogP contribution in [0.3, 0.4) is 0 Å². The van der Waals surface area contributed by atoms with Crippen LogP contribution >= 0.6 is 23.2 Å². The minimum atomic E-state index is -0.832. The summed E-state index contributed by atoms with van der Waals surface area (Å²) in [7, 11) is 0. The van der Waals surface area contributed by atoms with Crippen LogP contribution < -0.4 is 10.3 Å². The molecule has 2 N–H and O–H groups in total. The number of fused-ring (bicyclic) bond motifs is 1. The second-order valence-electron chi connectivity index (χ2n) is 7.93. The average molecular weight is 491 g/mol. The SMILES string of the molecule is O=C1NCC=NN1c1cc(Cl)c(Cc2ccc(C(O)c3ccc4ccccc4n3)cc2)c(Cl)c1. The van der Waals surface area contributed by atoms with Crippen LogP contribution in [0, 0.1) is 0 Å². The molecule has 0 spiro atoms. The molecule has 1 aliphatic rings. The van der Waals surface area contributed by atoms with Crippen LogP contribution in [0.1, 0.15) is 28.5 Å². The second-order valence-corrected chi connectivity index (χ2v) is 8.75. The number of benzene rings is 3. The highest BCUT2D eigenvalue weighted by Gasteiger charge is 2.20. The molecule has 3 aromatic carbocycles. The number of aliphatic hydroxyl groups is 1. The molecule has 0 saturated heterocycles. The minimum Gasteiger partial charge on any atom is -0.382 e. The molecule has 0 saturated carbocycles. The summed E-state index contributed by atoms with van der Waals surface area (Å²) in [5.41, 5.74) is 4.40. The summed E-state index contributed by atoms with van der Waals surface area (Å²) in [5.74, 6) is 0. The van der Waals surface area contributed by atoms with Crippen LogP contribution in [0.25, 0.3) is 10.9 Å². The van der Waals surface area contributed by atoms with Crippen LogP contribution in [-0.4, -0.2) is 28.9 Å². The maximum atomic E-state index is 12.0. The van der Waals surface area contributed by atoms with Gasteiger partial charge in [-0.25, -0.2) is 9.78 Å². The number of hydrogen-bond donors (Lipinski definition) is 2. The number of pyridine rings is 1. The summed E-state index contributed by atoms with van der Waals surface area (Å²) in [6.45, 7) is 0.385. The number of urea groups is 1. The maximum Gasteiger partial charge on any atom is 0.342 e. The van der Waals surface area contributed by atoms with E-state index in [2.05, 4.69) is 15.4 Å². The molecule has 4 aromatic rings. The lowest BCUT2D eigenvalue weighted by Crippen LogP contribution is -2.41. The Morgan fingerprint density at radius 2 is 1.74 bits per heavy atom. The van der Waals surface area contributed by atoms with Gasteiger partial charge in [-0.1, -0.05) is 71.7 Å². The first-order valence-corrected chi connectivity index (χ1v) is 11.5. The number of carbonyl (C=O) groups is 1. The highest BCUT2D eigenvalue weighted by Crippen LogP contribution is 2.33. The molecule has 1 atom stereocenters. The number of hydrazone groups is 1. The fraction of sp³-hybridized carbons (Fsp3) is 0.115. The van der Waals surface area contributed by atoms with Gasteiger partial charge in [0.05, 0.1) is 23.4 Å². The molecule has 0 radical (unpaired) electrons. The second kappa shape index (κ2) is 9.43. The number of hydrogen-bond acceptors (Lipinski definition) is 4. The molecule has 2 heterocycles. The Morgan fingerprint density at radius 3 is 2.47 bits per heavy atom. The van der Waals surface area contributed by atoms with Crippen LogP contribution in [0.2, 0.25) is 10.0 Å². The Bertz CT molecular complexity index is 1380. The summed E-state index contributed by atoms with van der Waals surface area (Å²) < 4.78 is 0. The largest absolute Gasteiger partial charge is 0.382 e. The molecule has 170 valence electrons. The number of aliphatic hydroxyl groups excluding tert-OH is 1. The third-order valence-electron chi connectivity index (χ3n) is 5.68. The van der Waals surface area contributed by atoms with Gasteiger partial charge in [0.2, 0.25) is 0 Å². The van der Waals surface area contributed by atoms with Crippen molar-refractivity contribution in [1.82, 2.24) is 10.3 Å². The fourth-order valence-electron chi connectivity index (χ4n) is 3.87. The van der Waals surface area contributed by atoms with Crippen molar-refractivity contribution in [2.24, 2.45) is 5.10 Å². The Labute approximate surface area is 206 Å². The number of amides is 2. The lowest BCUT2D eigenvalue weighted by Gasteiger charge is -2.22. The first kappa shape index (κ1) is 22.3. The molecule has 2 amide bonds. The lowest BCUT2D eigenvalue weighted by atomic mass is 9.99. The van der Waals surface area contributed by atoms with Gasteiger partial charge in [-0.3, -0.25) is 0 Å². The topological polar surface area (TPSA) is 77.8 Å². The van der Waals surface area contributed by atoms with Crippen molar-refractivity contribution in [3.63, 3.8) is 0 Å². The van der Waals surface area contributed by atoms with E-state index in [1.807, 2.05) is 60.7 Å². The van der Waals surface area contributed by atoms with Gasteiger partial charge in [0.15, 0.2) is 0 Å². The lowest BCUT2D eigenvalue weighted by molar-refractivity contribution is 0.216. The summed E-state index contributed by atoms with van der Waals surface area (Å²) in [4.78, 5) is 16.6. The van der Waals surface area contributed by atoms with E-state index in [0.717, 1.165) is 27.6 Å². The van der Waals surface area contributed by atoms with E-state index < -0.39 is 6.10 Å². The third kappa shape index (κ3) is 4.48. The van der Waals surface area contributed by atoms with Gasteiger partial charge in [0.1, 0.15) is 6.10 Å². The Balaban J connectivity index is 1.35. The van der Waals surface area contributed by atoms with Crippen LogP contribution in [0.15, 0.2) is 77.9 Å². The van der Waals surface area contributed by atoms with Crippen LogP contribution in [0.5, 0.6) is 0 Å². The van der Waals surface area contributed by atoms with Crippen molar-refractivity contribution in [3.8, 4) is 0 Å². The van der Waals surface area contributed by atoms with Crippen LogP contribution in [0.4, 0.5) is 10.5 Å². The van der Waals surface area contributed by atoms with Crippen LogP contribution in [-0.2, 0) is 6.42 Å². The number of halogens is 2. The highest BCUT2D eigenvalue weighted by molar-refractivity contribution is 6.36. The van der Waals surface area contributed by atoms with Gasteiger partial charge < -0.3 is 10.4 Å². The van der Waals surface area contributed by atoms with E-state index in [1.165, 1.54) is 5.01 Å². The van der Waals surface area contributed by atoms with E-state index >= 15 is 0 Å². The summed E-state index contributed by atoms with van der Waals surface area (Å²) >= 11 is 13.0. The third-order valence-corrected chi connectivity index (χ3v) is 6.36. The zero-order valence-electron chi connectivity index (χ0n) is 18.0. The van der Waals surface area contributed by atoms with Gasteiger partial charge >= 0.3 is 6.03 Å². The number of carbonyl (C=O) groups excluding carboxylic acids is 1. The zero-order chi connectivity index (χ0) is 23.7. The molecule has 5 rings (SSSR count). The maximum absolute atomic E-state index is 12.0. The van der Waals surface area contributed by atoms with E-state index in [-0.39, 0.29) is 6.03 Å². The molecular weight excluding hydrogens is 471 g/mol. The van der Waals surface area contributed by atoms with E-state index in [4.69, 9.17) is 23.2 Å². The molecule has 34 heavy (non-hydrogen) atoms. The number of rotatable bonds is 5. The van der Waals surface area contributed by atoms with Crippen molar-refractivity contribution in [2.45, 2.75) is 12.5 Å². The summed E-state index contributed by atoms with van der Waals surface area (Å²) in [6.07, 6.45) is 1.26. The molecule has 8 heteroatoms. The first-order chi connectivity index (χ1) is 16.5. The summed E-state index contributed by atoms with van der Waals surface area (Å²) in [6, 6.07) is 22.2. The predicted molar refractivity (Wildman–Crippen MR) is 136 cm³/mol. The van der Waals surface area contributed by atoms with Gasteiger partial charge in [-0.15, -0.1) is 0 Å². The standard InChI is InChI=1S/C26H20Cl2N4O2/c27-21-14-19(32-26(34)29-11-12-30-32)15-22(28)20(21)13-16-5-7-18(8-6-16)25(33)24-10-9-17-3-1-2-4-23(17)31-24/h1-10,12,14-15,25,33H,11,13H2,(H,29,34). The van der Waals surface area contributed by atoms with Gasteiger partial charge in [0.25, 0.3) is 0 Å². The van der Waals surface area contributed by atoms with Crippen molar-refractivity contribution in [1.29, 1.82) is 0 Å². The Hall–Kier alpha value is -3.45. The Morgan fingerprint density at radius 1 is 1.00 bits per heavy atom. The fourth-order valence-corrected chi connectivity index (χ4v) is 4.48. The van der Waals surface area contributed by atoms with E-state index in [0.29, 0.717) is 34.4 Å². The highest BCUT2D eigenvalue weighted by atomic mass is 35.5. The molecule has 0 fully saturated rings. The van der Waals surface area contributed by atoms with Crippen molar-refractivity contribution in [3.05, 3.63) is 105 Å². The summed E-state index contributed by atoms with van der Waals surface area (Å²) in [5, 5.41) is 20.8. The van der Waals surface area contributed by atoms with Crippen molar-refractivity contribution >= 4 is 52.0 Å².